The van der Waals surface area contributed by atoms with E-state index in [9.17, 15) is 4.79 Å². The van der Waals surface area contributed by atoms with Gasteiger partial charge in [0.05, 0.1) is 24.8 Å². The molecule has 82 valence electrons. The molecule has 2 rings (SSSR count). The van der Waals surface area contributed by atoms with E-state index in [1.165, 1.54) is 6.07 Å². The predicted molar refractivity (Wildman–Crippen MR) is 57.4 cm³/mol. The molecular weight excluding hydrogens is 218 g/mol. The lowest BCUT2D eigenvalue weighted by Crippen LogP contribution is -2.38. The van der Waals surface area contributed by atoms with Crippen LogP contribution in [0.2, 0.25) is 0 Å². The average molecular weight is 230 g/mol. The number of aromatic nitrogens is 2. The maximum Gasteiger partial charge on any atom is 0.252 e. The summed E-state index contributed by atoms with van der Waals surface area (Å²) in [6, 6.07) is 1.41. The van der Waals surface area contributed by atoms with Gasteiger partial charge in [-0.15, -0.1) is 11.6 Å². The predicted octanol–water partition coefficient (Wildman–Crippen LogP) is 0.345. The number of aromatic amines is 1. The Kier molecular flexibility index (Phi) is 3.23. The molecular formula is C9H12ClN3O2. The van der Waals surface area contributed by atoms with Crippen molar-refractivity contribution in [1.82, 2.24) is 9.97 Å². The fourth-order valence-electron chi connectivity index (χ4n) is 1.49. The van der Waals surface area contributed by atoms with Crippen molar-refractivity contribution in [3.63, 3.8) is 0 Å². The molecule has 1 aromatic heterocycles. The zero-order valence-electron chi connectivity index (χ0n) is 8.20. The molecule has 0 aromatic carbocycles. The molecule has 0 atom stereocenters. The number of morpholine rings is 1. The van der Waals surface area contributed by atoms with Crippen molar-refractivity contribution in [3.05, 3.63) is 22.1 Å². The summed E-state index contributed by atoms with van der Waals surface area (Å²) in [6.45, 7) is 2.81. The number of alkyl halides is 1. The number of ether oxygens (including phenoxy) is 1. The Labute approximate surface area is 92.0 Å². The van der Waals surface area contributed by atoms with Crippen molar-refractivity contribution in [1.29, 1.82) is 0 Å². The van der Waals surface area contributed by atoms with Crippen LogP contribution in [0.3, 0.4) is 0 Å². The molecule has 0 amide bonds. The number of anilines is 1. The minimum atomic E-state index is -0.165. The van der Waals surface area contributed by atoms with Gasteiger partial charge in [-0.05, 0) is 0 Å². The summed E-state index contributed by atoms with van der Waals surface area (Å²) in [5.74, 6) is 0.836. The van der Waals surface area contributed by atoms with Crippen LogP contribution in [0, 0.1) is 0 Å². The van der Waals surface area contributed by atoms with E-state index in [-0.39, 0.29) is 11.4 Å². The number of hydrogen-bond acceptors (Lipinski definition) is 4. The molecule has 0 bridgehead atoms. The quantitative estimate of drug-likeness (QED) is 0.744. The Morgan fingerprint density at radius 2 is 2.27 bits per heavy atom. The smallest absolute Gasteiger partial charge is 0.252 e. The van der Waals surface area contributed by atoms with E-state index >= 15 is 0 Å². The highest BCUT2D eigenvalue weighted by Crippen LogP contribution is 2.08. The van der Waals surface area contributed by atoms with Crippen molar-refractivity contribution in [2.45, 2.75) is 5.88 Å². The van der Waals surface area contributed by atoms with Gasteiger partial charge in [-0.1, -0.05) is 0 Å². The summed E-state index contributed by atoms with van der Waals surface area (Å²) in [5, 5.41) is 0. The van der Waals surface area contributed by atoms with Gasteiger partial charge in [-0.3, -0.25) is 9.78 Å². The maximum atomic E-state index is 11.3. The van der Waals surface area contributed by atoms with Crippen LogP contribution in [0.15, 0.2) is 10.9 Å². The summed E-state index contributed by atoms with van der Waals surface area (Å²) < 4.78 is 5.22. The van der Waals surface area contributed by atoms with Crippen molar-refractivity contribution < 1.29 is 4.74 Å². The molecule has 1 N–H and O–H groups in total. The molecule has 0 unspecified atom stereocenters. The molecule has 2 heterocycles. The highest BCUT2D eigenvalue weighted by atomic mass is 35.5. The number of hydrogen-bond donors (Lipinski definition) is 1. The SMILES string of the molecule is O=c1cc(CCl)nc(N2CCOCC2)[nH]1. The zero-order valence-corrected chi connectivity index (χ0v) is 8.96. The lowest BCUT2D eigenvalue weighted by atomic mass is 10.4. The van der Waals surface area contributed by atoms with Gasteiger partial charge < -0.3 is 9.64 Å². The van der Waals surface area contributed by atoms with Gasteiger partial charge in [0.25, 0.3) is 5.56 Å². The first-order chi connectivity index (χ1) is 7.29. The van der Waals surface area contributed by atoms with E-state index in [0.29, 0.717) is 24.9 Å². The number of nitrogens with one attached hydrogen (secondary N) is 1. The van der Waals surface area contributed by atoms with Crippen LogP contribution >= 0.6 is 11.6 Å². The molecule has 0 saturated carbocycles. The second-order valence-electron chi connectivity index (χ2n) is 3.29. The Bertz CT molecular complexity index is 387. The van der Waals surface area contributed by atoms with Gasteiger partial charge in [0, 0.05) is 19.2 Å². The highest BCUT2D eigenvalue weighted by Gasteiger charge is 2.13. The molecule has 1 saturated heterocycles. The Morgan fingerprint density at radius 1 is 1.53 bits per heavy atom. The van der Waals surface area contributed by atoms with Crippen molar-refractivity contribution in [2.24, 2.45) is 0 Å². The van der Waals surface area contributed by atoms with Crippen LogP contribution in [0.4, 0.5) is 5.95 Å². The van der Waals surface area contributed by atoms with Gasteiger partial charge in [0.2, 0.25) is 5.95 Å². The first-order valence-electron chi connectivity index (χ1n) is 4.78. The van der Waals surface area contributed by atoms with Gasteiger partial charge in [0.1, 0.15) is 0 Å². The fourth-order valence-corrected chi connectivity index (χ4v) is 1.62. The van der Waals surface area contributed by atoms with Crippen LogP contribution in [0.25, 0.3) is 0 Å². The van der Waals surface area contributed by atoms with Gasteiger partial charge in [0.15, 0.2) is 0 Å². The van der Waals surface area contributed by atoms with Gasteiger partial charge >= 0.3 is 0 Å². The summed E-state index contributed by atoms with van der Waals surface area (Å²) in [4.78, 5) is 20.2. The minimum absolute atomic E-state index is 0.165. The van der Waals surface area contributed by atoms with Crippen LogP contribution in [-0.4, -0.2) is 36.3 Å². The van der Waals surface area contributed by atoms with Crippen molar-refractivity contribution in [2.75, 3.05) is 31.2 Å². The third-order valence-electron chi connectivity index (χ3n) is 2.23. The second-order valence-corrected chi connectivity index (χ2v) is 3.56. The number of H-pyrrole nitrogens is 1. The molecule has 15 heavy (non-hydrogen) atoms. The van der Waals surface area contributed by atoms with E-state index in [0.717, 1.165) is 13.1 Å². The van der Waals surface area contributed by atoms with E-state index < -0.39 is 0 Å². The maximum absolute atomic E-state index is 11.3. The Balaban J connectivity index is 2.26. The Hall–Kier alpha value is -1.07. The first-order valence-corrected chi connectivity index (χ1v) is 5.32. The number of rotatable bonds is 2. The third-order valence-corrected chi connectivity index (χ3v) is 2.50. The van der Waals surface area contributed by atoms with Crippen LogP contribution in [0.5, 0.6) is 0 Å². The Morgan fingerprint density at radius 3 is 2.93 bits per heavy atom. The van der Waals surface area contributed by atoms with Crippen molar-refractivity contribution in [3.8, 4) is 0 Å². The van der Waals surface area contributed by atoms with Crippen molar-refractivity contribution >= 4 is 17.5 Å². The molecule has 0 aliphatic carbocycles. The van der Waals surface area contributed by atoms with Crippen LogP contribution < -0.4 is 10.5 Å². The second kappa shape index (κ2) is 4.63. The summed E-state index contributed by atoms with van der Waals surface area (Å²) >= 11 is 5.65. The molecule has 5 nitrogen and oxygen atoms in total. The minimum Gasteiger partial charge on any atom is -0.378 e. The first kappa shape index (κ1) is 10.4. The third kappa shape index (κ3) is 2.49. The lowest BCUT2D eigenvalue weighted by Gasteiger charge is -2.27. The molecule has 6 heteroatoms. The normalized spacial score (nSPS) is 16.7. The summed E-state index contributed by atoms with van der Waals surface area (Å²) in [6.07, 6.45) is 0. The molecule has 1 aromatic rings. The monoisotopic (exact) mass is 229 g/mol. The molecule has 1 fully saturated rings. The molecule has 1 aliphatic heterocycles. The zero-order chi connectivity index (χ0) is 10.7. The molecule has 0 spiro atoms. The van der Waals surface area contributed by atoms with Crippen LogP contribution in [0.1, 0.15) is 5.69 Å². The van der Waals surface area contributed by atoms with Gasteiger partial charge in [-0.25, -0.2) is 4.98 Å². The van der Waals surface area contributed by atoms with Crippen LogP contribution in [-0.2, 0) is 10.6 Å². The number of nitrogens with zero attached hydrogens (tertiary/aromatic N) is 2. The van der Waals surface area contributed by atoms with E-state index in [1.807, 2.05) is 4.90 Å². The highest BCUT2D eigenvalue weighted by molar-refractivity contribution is 6.16. The van der Waals surface area contributed by atoms with E-state index in [4.69, 9.17) is 16.3 Å². The lowest BCUT2D eigenvalue weighted by molar-refractivity contribution is 0.122. The molecule has 0 radical (unpaired) electrons. The van der Waals surface area contributed by atoms with E-state index in [2.05, 4.69) is 9.97 Å². The number of halogens is 1. The largest absolute Gasteiger partial charge is 0.378 e. The van der Waals surface area contributed by atoms with Gasteiger partial charge in [-0.2, -0.15) is 0 Å². The summed E-state index contributed by atoms with van der Waals surface area (Å²) in [7, 11) is 0. The van der Waals surface area contributed by atoms with E-state index in [1.54, 1.807) is 0 Å². The average Bonchev–Trinajstić information content (AvgIpc) is 2.29. The fraction of sp³-hybridized carbons (Fsp3) is 0.556. The molecule has 1 aliphatic rings. The summed E-state index contributed by atoms with van der Waals surface area (Å²) in [5.41, 5.74) is 0.434. The standard InChI is InChI=1S/C9H12ClN3O2/c10-6-7-5-8(14)12-9(11-7)13-1-3-15-4-2-13/h5H,1-4,6H2,(H,11,12,14). The topological polar surface area (TPSA) is 58.2 Å².